The molecule has 114 valence electrons. The molecule has 4 N–H and O–H groups in total. The summed E-state index contributed by atoms with van der Waals surface area (Å²) in [5.74, 6) is -0.763. The first-order chi connectivity index (χ1) is 10.0. The predicted octanol–water partition coefficient (Wildman–Crippen LogP) is -1.43. The quantitative estimate of drug-likeness (QED) is 0.535. The molecule has 1 aliphatic heterocycles. The summed E-state index contributed by atoms with van der Waals surface area (Å²) >= 11 is 0. The van der Waals surface area contributed by atoms with Gasteiger partial charge in [-0.3, -0.25) is 0 Å². The first kappa shape index (κ1) is 14.2. The molecule has 21 heavy (non-hydrogen) atoms. The van der Waals surface area contributed by atoms with Crippen LogP contribution in [0.5, 0.6) is 0 Å². The molecule has 0 spiro atoms. The average molecular weight is 297 g/mol. The number of para-hydroxylation sites is 2. The van der Waals surface area contributed by atoms with E-state index >= 15 is 0 Å². The van der Waals surface area contributed by atoms with Crippen molar-refractivity contribution >= 4 is 11.1 Å². The minimum Gasteiger partial charge on any atom is -0.408 e. The van der Waals surface area contributed by atoms with E-state index in [0.717, 1.165) is 4.57 Å². The molecule has 0 aliphatic carbocycles. The van der Waals surface area contributed by atoms with E-state index in [1.807, 2.05) is 0 Å². The molecule has 0 saturated carbocycles. The van der Waals surface area contributed by atoms with E-state index < -0.39 is 43.0 Å². The van der Waals surface area contributed by atoms with Gasteiger partial charge in [-0.05, 0) is 12.1 Å². The molecule has 8 nitrogen and oxygen atoms in total. The first-order valence-corrected chi connectivity index (χ1v) is 6.45. The van der Waals surface area contributed by atoms with Crippen LogP contribution in [-0.2, 0) is 4.74 Å². The Bertz CT molecular complexity index is 691. The molecule has 1 aliphatic rings. The Kier molecular flexibility index (Phi) is 3.56. The maximum Gasteiger partial charge on any atom is 0.422 e. The summed E-state index contributed by atoms with van der Waals surface area (Å²) in [5, 5.41) is 38.8. The lowest BCUT2D eigenvalue weighted by atomic mass is 9.98. The second-order valence-corrected chi connectivity index (χ2v) is 4.93. The van der Waals surface area contributed by atoms with E-state index in [4.69, 9.17) is 9.15 Å². The Morgan fingerprint density at radius 2 is 1.81 bits per heavy atom. The number of ether oxygens (including phenoxy) is 1. The van der Waals surface area contributed by atoms with Gasteiger partial charge in [0.2, 0.25) is 0 Å². The third kappa shape index (κ3) is 2.17. The number of oxazole rings is 1. The Labute approximate surface area is 118 Å². The highest BCUT2D eigenvalue weighted by atomic mass is 16.6. The van der Waals surface area contributed by atoms with Gasteiger partial charge in [-0.25, -0.2) is 9.36 Å². The number of aliphatic hydroxyl groups is 4. The monoisotopic (exact) mass is 297 g/mol. The van der Waals surface area contributed by atoms with Crippen molar-refractivity contribution in [1.82, 2.24) is 4.57 Å². The fourth-order valence-corrected chi connectivity index (χ4v) is 2.52. The Hall–Kier alpha value is -1.71. The lowest BCUT2D eigenvalue weighted by molar-refractivity contribution is -0.251. The van der Waals surface area contributed by atoms with Crippen LogP contribution in [0.15, 0.2) is 33.5 Å². The zero-order valence-electron chi connectivity index (χ0n) is 10.9. The van der Waals surface area contributed by atoms with Crippen LogP contribution in [-0.4, -0.2) is 56.0 Å². The molecule has 1 fully saturated rings. The highest BCUT2D eigenvalue weighted by Gasteiger charge is 2.45. The molecule has 3 rings (SSSR count). The number of benzene rings is 1. The summed E-state index contributed by atoms with van der Waals surface area (Å²) in [7, 11) is 0. The molecule has 0 radical (unpaired) electrons. The predicted molar refractivity (Wildman–Crippen MR) is 69.5 cm³/mol. The van der Waals surface area contributed by atoms with Crippen molar-refractivity contribution in [3.8, 4) is 0 Å². The van der Waals surface area contributed by atoms with Crippen molar-refractivity contribution in [2.24, 2.45) is 0 Å². The van der Waals surface area contributed by atoms with Gasteiger partial charge in [-0.2, -0.15) is 0 Å². The molecule has 2 aromatic rings. The molecule has 0 amide bonds. The van der Waals surface area contributed by atoms with E-state index in [1.54, 1.807) is 24.3 Å². The number of rotatable bonds is 2. The van der Waals surface area contributed by atoms with Gasteiger partial charge in [-0.1, -0.05) is 12.1 Å². The summed E-state index contributed by atoms with van der Waals surface area (Å²) in [5.41, 5.74) is 0.686. The normalized spacial score (nSPS) is 33.4. The van der Waals surface area contributed by atoms with E-state index in [2.05, 4.69) is 0 Å². The van der Waals surface area contributed by atoms with Crippen LogP contribution in [0.1, 0.15) is 6.23 Å². The molecule has 1 aromatic heterocycles. The molecular formula is C13H15NO7. The van der Waals surface area contributed by atoms with E-state index in [9.17, 15) is 25.2 Å². The summed E-state index contributed by atoms with van der Waals surface area (Å²) in [4.78, 5) is 12.0. The number of fused-ring (bicyclic) bond motifs is 1. The number of hydrogen-bond donors (Lipinski definition) is 4. The molecule has 8 heteroatoms. The molecule has 0 unspecified atom stereocenters. The summed E-state index contributed by atoms with van der Waals surface area (Å²) in [6.45, 7) is -0.564. The second-order valence-electron chi connectivity index (χ2n) is 4.93. The SMILES string of the molecule is O=c1oc2ccccc2n1[C@@H]1O[C@H](CO)[C@@H](O)[C@H](O)[C@H]1O. The zero-order valence-corrected chi connectivity index (χ0v) is 10.9. The standard InChI is InChI=1S/C13H15NO7/c15-5-8-9(16)10(17)11(18)12(20-8)14-6-3-1-2-4-7(6)21-13(14)19/h1-4,8-12,15-18H,5H2/t8-,9-,10+,11-,12-/m1/s1. The Balaban J connectivity index is 2.09. The van der Waals surface area contributed by atoms with E-state index in [0.29, 0.717) is 11.1 Å². The van der Waals surface area contributed by atoms with Crippen LogP contribution in [0, 0.1) is 0 Å². The van der Waals surface area contributed by atoms with Crippen molar-refractivity contribution < 1.29 is 29.6 Å². The van der Waals surface area contributed by atoms with Crippen LogP contribution >= 0.6 is 0 Å². The highest BCUT2D eigenvalue weighted by molar-refractivity contribution is 5.72. The van der Waals surface area contributed by atoms with Gasteiger partial charge in [0.1, 0.15) is 24.4 Å². The highest BCUT2D eigenvalue weighted by Crippen LogP contribution is 2.29. The van der Waals surface area contributed by atoms with Gasteiger partial charge in [0.25, 0.3) is 0 Å². The molecule has 0 bridgehead atoms. The van der Waals surface area contributed by atoms with E-state index in [1.165, 1.54) is 0 Å². The smallest absolute Gasteiger partial charge is 0.408 e. The van der Waals surface area contributed by atoms with Crippen molar-refractivity contribution in [2.45, 2.75) is 30.6 Å². The summed E-state index contributed by atoms with van der Waals surface area (Å²) in [6, 6.07) is 6.54. The van der Waals surface area contributed by atoms with Gasteiger partial charge in [0, 0.05) is 0 Å². The largest absolute Gasteiger partial charge is 0.422 e. The Morgan fingerprint density at radius 3 is 2.52 bits per heavy atom. The Morgan fingerprint density at radius 1 is 1.10 bits per heavy atom. The van der Waals surface area contributed by atoms with Crippen molar-refractivity contribution in [1.29, 1.82) is 0 Å². The van der Waals surface area contributed by atoms with Crippen molar-refractivity contribution in [3.05, 3.63) is 34.8 Å². The van der Waals surface area contributed by atoms with Gasteiger partial charge in [0.05, 0.1) is 12.1 Å². The first-order valence-electron chi connectivity index (χ1n) is 6.45. The fraction of sp³-hybridized carbons (Fsp3) is 0.462. The van der Waals surface area contributed by atoms with Crippen LogP contribution in [0.4, 0.5) is 0 Å². The van der Waals surface area contributed by atoms with Crippen LogP contribution < -0.4 is 5.76 Å². The summed E-state index contributed by atoms with van der Waals surface area (Å²) in [6.07, 6.45) is -6.93. The molecule has 2 heterocycles. The fourth-order valence-electron chi connectivity index (χ4n) is 2.52. The molecule has 1 aromatic carbocycles. The number of aromatic nitrogens is 1. The van der Waals surface area contributed by atoms with Crippen molar-refractivity contribution in [3.63, 3.8) is 0 Å². The second kappa shape index (κ2) is 5.24. The third-order valence-electron chi connectivity index (χ3n) is 3.64. The maximum atomic E-state index is 12.0. The zero-order chi connectivity index (χ0) is 15.1. The average Bonchev–Trinajstić information content (AvgIpc) is 2.81. The lowest BCUT2D eigenvalue weighted by Gasteiger charge is -2.39. The molecule has 5 atom stereocenters. The minimum absolute atomic E-state index is 0.305. The van der Waals surface area contributed by atoms with Crippen molar-refractivity contribution in [2.75, 3.05) is 6.61 Å². The van der Waals surface area contributed by atoms with Crippen LogP contribution in [0.2, 0.25) is 0 Å². The summed E-state index contributed by atoms with van der Waals surface area (Å²) < 4.78 is 11.5. The molecular weight excluding hydrogens is 282 g/mol. The third-order valence-corrected chi connectivity index (χ3v) is 3.64. The van der Waals surface area contributed by atoms with Gasteiger partial charge in [-0.15, -0.1) is 0 Å². The maximum absolute atomic E-state index is 12.0. The minimum atomic E-state index is -1.55. The number of aliphatic hydroxyl groups excluding tert-OH is 4. The van der Waals surface area contributed by atoms with Gasteiger partial charge in [0.15, 0.2) is 11.8 Å². The van der Waals surface area contributed by atoms with Gasteiger partial charge >= 0.3 is 5.76 Å². The van der Waals surface area contributed by atoms with Crippen LogP contribution in [0.25, 0.3) is 11.1 Å². The molecule has 1 saturated heterocycles. The van der Waals surface area contributed by atoms with E-state index in [-0.39, 0.29) is 0 Å². The lowest BCUT2D eigenvalue weighted by Crippen LogP contribution is -2.57. The number of hydrogen-bond acceptors (Lipinski definition) is 7. The number of nitrogens with zero attached hydrogens (tertiary/aromatic N) is 1. The van der Waals surface area contributed by atoms with Crippen LogP contribution in [0.3, 0.4) is 0 Å². The van der Waals surface area contributed by atoms with Gasteiger partial charge < -0.3 is 29.6 Å². The topological polar surface area (TPSA) is 125 Å².